The minimum atomic E-state index is -3.82. The average Bonchev–Trinajstić information content (AvgIpc) is 2.78. The average molecular weight is 376 g/mol. The molecule has 8 heteroatoms. The third kappa shape index (κ3) is 2.87. The second-order valence-electron chi connectivity index (χ2n) is 3.96. The van der Waals surface area contributed by atoms with E-state index in [4.69, 9.17) is 5.11 Å². The zero-order valence-electron chi connectivity index (χ0n) is 10.3. The fraction of sp³-hybridized carbons (Fsp3) is 0.0833. The Hall–Kier alpha value is -1.38. The van der Waals surface area contributed by atoms with Gasteiger partial charge in [0.2, 0.25) is 0 Å². The van der Waals surface area contributed by atoms with E-state index in [0.29, 0.717) is 10.0 Å². The summed E-state index contributed by atoms with van der Waals surface area (Å²) in [6.45, 7) is 1.65. The molecule has 1 aromatic carbocycles. The summed E-state index contributed by atoms with van der Waals surface area (Å²) >= 11 is 4.21. The smallest absolute Gasteiger partial charge is 0.337 e. The van der Waals surface area contributed by atoms with Crippen molar-refractivity contribution in [3.63, 3.8) is 0 Å². The number of sulfonamides is 1. The Balaban J connectivity index is 2.50. The van der Waals surface area contributed by atoms with Gasteiger partial charge in [0, 0.05) is 4.47 Å². The Morgan fingerprint density at radius 3 is 2.60 bits per heavy atom. The lowest BCUT2D eigenvalue weighted by molar-refractivity contribution is 0.0698. The zero-order valence-corrected chi connectivity index (χ0v) is 13.5. The number of hydrogen-bond donors (Lipinski definition) is 2. The molecule has 5 nitrogen and oxygen atoms in total. The molecule has 0 fully saturated rings. The predicted molar refractivity (Wildman–Crippen MR) is 81.0 cm³/mol. The number of carboxylic acids is 1. The van der Waals surface area contributed by atoms with Crippen LogP contribution in [0.5, 0.6) is 0 Å². The zero-order chi connectivity index (χ0) is 14.9. The van der Waals surface area contributed by atoms with E-state index >= 15 is 0 Å². The number of carboxylic acid groups (broad SMARTS) is 1. The van der Waals surface area contributed by atoms with E-state index in [1.807, 2.05) is 0 Å². The maximum Gasteiger partial charge on any atom is 0.337 e. The Bertz CT molecular complexity index is 768. The van der Waals surface area contributed by atoms with Crippen molar-refractivity contribution >= 4 is 48.9 Å². The number of aryl methyl sites for hydroxylation is 1. The van der Waals surface area contributed by atoms with Gasteiger partial charge in [0.1, 0.15) is 0 Å². The highest BCUT2D eigenvalue weighted by atomic mass is 79.9. The maximum atomic E-state index is 12.3. The molecule has 0 aliphatic carbocycles. The SMILES string of the molecule is Cc1cccc(C(=O)O)c1NS(=O)(=O)c1sccc1Br. The van der Waals surface area contributed by atoms with E-state index in [2.05, 4.69) is 20.7 Å². The van der Waals surface area contributed by atoms with E-state index in [0.717, 1.165) is 11.3 Å². The van der Waals surface area contributed by atoms with Gasteiger partial charge < -0.3 is 5.11 Å². The fourth-order valence-corrected chi connectivity index (χ4v) is 5.12. The van der Waals surface area contributed by atoms with Gasteiger partial charge in [-0.05, 0) is 45.9 Å². The van der Waals surface area contributed by atoms with Gasteiger partial charge in [-0.25, -0.2) is 13.2 Å². The van der Waals surface area contributed by atoms with Crippen molar-refractivity contribution in [3.8, 4) is 0 Å². The molecule has 0 atom stereocenters. The molecule has 1 aromatic heterocycles. The lowest BCUT2D eigenvalue weighted by Crippen LogP contribution is -2.16. The van der Waals surface area contributed by atoms with Crippen LogP contribution < -0.4 is 4.72 Å². The van der Waals surface area contributed by atoms with Crippen molar-refractivity contribution in [2.45, 2.75) is 11.1 Å². The molecule has 0 aliphatic rings. The monoisotopic (exact) mass is 375 g/mol. The van der Waals surface area contributed by atoms with Gasteiger partial charge >= 0.3 is 5.97 Å². The number of nitrogens with one attached hydrogen (secondary N) is 1. The van der Waals surface area contributed by atoms with Crippen LogP contribution in [0, 0.1) is 6.92 Å². The highest BCUT2D eigenvalue weighted by Crippen LogP contribution is 2.31. The quantitative estimate of drug-likeness (QED) is 0.858. The van der Waals surface area contributed by atoms with E-state index in [1.165, 1.54) is 6.07 Å². The summed E-state index contributed by atoms with van der Waals surface area (Å²) in [5.74, 6) is -1.18. The van der Waals surface area contributed by atoms with Crippen molar-refractivity contribution in [1.29, 1.82) is 0 Å². The van der Waals surface area contributed by atoms with Gasteiger partial charge in [-0.1, -0.05) is 12.1 Å². The van der Waals surface area contributed by atoms with Crippen molar-refractivity contribution in [1.82, 2.24) is 0 Å². The molecule has 0 saturated heterocycles. The largest absolute Gasteiger partial charge is 0.478 e. The Morgan fingerprint density at radius 1 is 1.35 bits per heavy atom. The Kier molecular flexibility index (Phi) is 4.17. The summed E-state index contributed by atoms with van der Waals surface area (Å²) in [6, 6.07) is 6.19. The normalized spacial score (nSPS) is 11.3. The highest BCUT2D eigenvalue weighted by molar-refractivity contribution is 9.10. The minimum Gasteiger partial charge on any atom is -0.478 e. The molecule has 0 unspecified atom stereocenters. The number of benzene rings is 1. The molecular formula is C12H10BrNO4S2. The fourth-order valence-electron chi connectivity index (χ4n) is 1.63. The standard InChI is InChI=1S/C12H10BrNO4S2/c1-7-3-2-4-8(11(15)16)10(7)14-20(17,18)12-9(13)5-6-19-12/h2-6,14H,1H3,(H,15,16). The first kappa shape index (κ1) is 15.0. The second-order valence-corrected chi connectivity index (χ2v) is 7.61. The van der Waals surface area contributed by atoms with Crippen molar-refractivity contribution in [2.75, 3.05) is 4.72 Å². The highest BCUT2D eigenvalue weighted by Gasteiger charge is 2.23. The number of carbonyl (C=O) groups is 1. The molecule has 0 amide bonds. The molecule has 0 bridgehead atoms. The number of anilines is 1. The lowest BCUT2D eigenvalue weighted by Gasteiger charge is -2.12. The molecule has 2 rings (SSSR count). The molecule has 0 saturated carbocycles. The third-order valence-electron chi connectivity index (χ3n) is 2.57. The van der Waals surface area contributed by atoms with Crippen LogP contribution in [0.3, 0.4) is 0 Å². The number of aromatic carboxylic acids is 1. The van der Waals surface area contributed by atoms with Crippen LogP contribution in [0.1, 0.15) is 15.9 Å². The summed E-state index contributed by atoms with van der Waals surface area (Å²) in [7, 11) is -3.82. The van der Waals surface area contributed by atoms with Crippen LogP contribution >= 0.6 is 27.3 Å². The van der Waals surface area contributed by atoms with Crippen LogP contribution in [0.15, 0.2) is 38.3 Å². The Morgan fingerprint density at radius 2 is 2.05 bits per heavy atom. The minimum absolute atomic E-state index is 0.0822. The first-order valence-electron chi connectivity index (χ1n) is 5.41. The van der Waals surface area contributed by atoms with Crippen molar-refractivity contribution in [2.24, 2.45) is 0 Å². The summed E-state index contributed by atoms with van der Waals surface area (Å²) in [6.07, 6.45) is 0. The first-order chi connectivity index (χ1) is 9.33. The lowest BCUT2D eigenvalue weighted by atomic mass is 10.1. The summed E-state index contributed by atoms with van der Waals surface area (Å²) < 4.78 is 27.5. The summed E-state index contributed by atoms with van der Waals surface area (Å²) in [4.78, 5) is 11.2. The third-order valence-corrected chi connectivity index (χ3v) is 6.59. The molecule has 20 heavy (non-hydrogen) atoms. The van der Waals surface area contributed by atoms with Gasteiger partial charge in [0.15, 0.2) is 4.21 Å². The van der Waals surface area contributed by atoms with Gasteiger partial charge in [0.05, 0.1) is 11.3 Å². The van der Waals surface area contributed by atoms with Crippen LogP contribution in [0.25, 0.3) is 0 Å². The van der Waals surface area contributed by atoms with E-state index < -0.39 is 16.0 Å². The number of hydrogen-bond acceptors (Lipinski definition) is 4. The molecule has 0 aliphatic heterocycles. The van der Waals surface area contributed by atoms with Crippen LogP contribution in [0.2, 0.25) is 0 Å². The van der Waals surface area contributed by atoms with Crippen LogP contribution in [-0.4, -0.2) is 19.5 Å². The number of thiophene rings is 1. The molecule has 2 N–H and O–H groups in total. The number of halogens is 1. The van der Waals surface area contributed by atoms with E-state index in [9.17, 15) is 13.2 Å². The topological polar surface area (TPSA) is 83.5 Å². The summed E-state index contributed by atoms with van der Waals surface area (Å²) in [5, 5.41) is 10.8. The first-order valence-corrected chi connectivity index (χ1v) is 8.57. The molecule has 106 valence electrons. The van der Waals surface area contributed by atoms with Gasteiger partial charge in [-0.15, -0.1) is 11.3 Å². The maximum absolute atomic E-state index is 12.3. The van der Waals surface area contributed by atoms with Crippen molar-refractivity contribution in [3.05, 3.63) is 45.2 Å². The molecule has 2 aromatic rings. The van der Waals surface area contributed by atoms with Crippen LogP contribution in [-0.2, 0) is 10.0 Å². The second kappa shape index (κ2) is 5.55. The molecular weight excluding hydrogens is 366 g/mol. The molecule has 0 spiro atoms. The predicted octanol–water partition coefficient (Wildman–Crippen LogP) is 3.32. The van der Waals surface area contributed by atoms with Gasteiger partial charge in [-0.2, -0.15) is 0 Å². The number of para-hydroxylation sites is 1. The van der Waals surface area contributed by atoms with Crippen molar-refractivity contribution < 1.29 is 18.3 Å². The Labute approximate surface area is 128 Å². The van der Waals surface area contributed by atoms with E-state index in [-0.39, 0.29) is 15.5 Å². The molecule has 1 heterocycles. The summed E-state index contributed by atoms with van der Waals surface area (Å²) in [5.41, 5.74) is 0.544. The van der Waals surface area contributed by atoms with E-state index in [1.54, 1.807) is 30.5 Å². The van der Waals surface area contributed by atoms with Gasteiger partial charge in [-0.3, -0.25) is 4.72 Å². The number of rotatable bonds is 4. The van der Waals surface area contributed by atoms with Crippen LogP contribution in [0.4, 0.5) is 5.69 Å². The van der Waals surface area contributed by atoms with Gasteiger partial charge in [0.25, 0.3) is 10.0 Å². The molecule has 0 radical (unpaired) electrons.